The number of halogens is 1. The second-order valence-electron chi connectivity index (χ2n) is 3.50. The van der Waals surface area contributed by atoms with E-state index in [9.17, 15) is 0 Å². The van der Waals surface area contributed by atoms with Gasteiger partial charge in [0, 0.05) is 11.4 Å². The van der Waals surface area contributed by atoms with Gasteiger partial charge in [0.25, 0.3) is 0 Å². The average molecular weight is 304 g/mol. The molecule has 96 valence electrons. The first kappa shape index (κ1) is 14.0. The SMILES string of the molecule is CCC(Br)CCNc1nc(OC)cc(OC)n1. The standard InChI is InChI=1S/C11H18BrN3O2/c1-4-8(12)5-6-13-11-14-9(16-2)7-10(15-11)17-3/h7-8H,4-6H2,1-3H3,(H,13,14,15). The van der Waals surface area contributed by atoms with E-state index in [4.69, 9.17) is 9.47 Å². The number of hydrogen-bond acceptors (Lipinski definition) is 5. The molecule has 0 bridgehead atoms. The molecule has 6 heteroatoms. The number of nitrogens with one attached hydrogen (secondary N) is 1. The van der Waals surface area contributed by atoms with Gasteiger partial charge in [-0.3, -0.25) is 0 Å². The van der Waals surface area contributed by atoms with E-state index in [0.717, 1.165) is 19.4 Å². The molecule has 5 nitrogen and oxygen atoms in total. The highest BCUT2D eigenvalue weighted by atomic mass is 79.9. The Hall–Kier alpha value is -1.04. The third-order valence-corrected chi connectivity index (χ3v) is 3.39. The minimum atomic E-state index is 0.491. The summed E-state index contributed by atoms with van der Waals surface area (Å²) in [6.45, 7) is 2.95. The summed E-state index contributed by atoms with van der Waals surface area (Å²) in [6, 6.07) is 1.64. The molecule has 0 saturated carbocycles. The van der Waals surface area contributed by atoms with Gasteiger partial charge < -0.3 is 14.8 Å². The van der Waals surface area contributed by atoms with Gasteiger partial charge in [0.2, 0.25) is 17.7 Å². The van der Waals surface area contributed by atoms with Crippen molar-refractivity contribution >= 4 is 21.9 Å². The summed E-state index contributed by atoms with van der Waals surface area (Å²) in [7, 11) is 3.13. The number of hydrogen-bond donors (Lipinski definition) is 1. The number of methoxy groups -OCH3 is 2. The molecule has 0 spiro atoms. The van der Waals surface area contributed by atoms with Crippen LogP contribution in [0.5, 0.6) is 11.8 Å². The molecule has 1 aromatic rings. The first-order valence-electron chi connectivity index (χ1n) is 5.54. The highest BCUT2D eigenvalue weighted by Crippen LogP contribution is 2.17. The van der Waals surface area contributed by atoms with E-state index >= 15 is 0 Å². The van der Waals surface area contributed by atoms with E-state index in [0.29, 0.717) is 22.5 Å². The van der Waals surface area contributed by atoms with Crippen LogP contribution in [0.15, 0.2) is 6.07 Å². The first-order chi connectivity index (χ1) is 8.19. The van der Waals surface area contributed by atoms with E-state index in [2.05, 4.69) is 38.1 Å². The molecular formula is C11H18BrN3O2. The van der Waals surface area contributed by atoms with Crippen molar-refractivity contribution in [1.29, 1.82) is 0 Å². The molecule has 1 unspecified atom stereocenters. The van der Waals surface area contributed by atoms with Crippen LogP contribution >= 0.6 is 15.9 Å². The lowest BCUT2D eigenvalue weighted by Gasteiger charge is -2.10. The van der Waals surface area contributed by atoms with Gasteiger partial charge in [-0.15, -0.1) is 0 Å². The first-order valence-corrected chi connectivity index (χ1v) is 6.46. The van der Waals surface area contributed by atoms with Gasteiger partial charge in [0.05, 0.1) is 20.3 Å². The van der Waals surface area contributed by atoms with Crippen LogP contribution in [0.4, 0.5) is 5.95 Å². The van der Waals surface area contributed by atoms with E-state index < -0.39 is 0 Å². The zero-order chi connectivity index (χ0) is 12.7. The van der Waals surface area contributed by atoms with Crippen LogP contribution in [0.3, 0.4) is 0 Å². The molecule has 0 aliphatic carbocycles. The summed E-state index contributed by atoms with van der Waals surface area (Å²) in [5.41, 5.74) is 0. The van der Waals surface area contributed by atoms with Crippen molar-refractivity contribution in [3.63, 3.8) is 0 Å². The molecule has 1 rings (SSSR count). The predicted octanol–water partition coefficient (Wildman–Crippen LogP) is 2.47. The van der Waals surface area contributed by atoms with Crippen LogP contribution in [0.1, 0.15) is 19.8 Å². The number of alkyl halides is 1. The van der Waals surface area contributed by atoms with Gasteiger partial charge in [-0.25, -0.2) is 0 Å². The highest BCUT2D eigenvalue weighted by molar-refractivity contribution is 9.09. The molecule has 0 aromatic carbocycles. The van der Waals surface area contributed by atoms with Gasteiger partial charge in [0.1, 0.15) is 0 Å². The monoisotopic (exact) mass is 303 g/mol. The minimum absolute atomic E-state index is 0.491. The van der Waals surface area contributed by atoms with Crippen molar-refractivity contribution < 1.29 is 9.47 Å². The van der Waals surface area contributed by atoms with Crippen molar-refractivity contribution in [3.8, 4) is 11.8 Å². The number of aromatic nitrogens is 2. The average Bonchev–Trinajstić information content (AvgIpc) is 2.37. The lowest BCUT2D eigenvalue weighted by molar-refractivity contribution is 0.373. The maximum Gasteiger partial charge on any atom is 0.229 e. The number of ether oxygens (including phenoxy) is 2. The van der Waals surface area contributed by atoms with Crippen molar-refractivity contribution in [3.05, 3.63) is 6.07 Å². The maximum atomic E-state index is 5.07. The highest BCUT2D eigenvalue weighted by Gasteiger charge is 2.05. The van der Waals surface area contributed by atoms with E-state index in [-0.39, 0.29) is 0 Å². The summed E-state index contributed by atoms with van der Waals surface area (Å²) in [5, 5.41) is 3.15. The van der Waals surface area contributed by atoms with Crippen LogP contribution in [-0.4, -0.2) is 35.6 Å². The smallest absolute Gasteiger partial charge is 0.229 e. The Bertz CT molecular complexity index is 327. The zero-order valence-electron chi connectivity index (χ0n) is 10.4. The predicted molar refractivity (Wildman–Crippen MR) is 71.2 cm³/mol. The Kier molecular flexibility index (Phi) is 6.04. The molecule has 1 aromatic heterocycles. The van der Waals surface area contributed by atoms with Gasteiger partial charge in [0.15, 0.2) is 0 Å². The Morgan fingerprint density at radius 3 is 2.35 bits per heavy atom. The Morgan fingerprint density at radius 1 is 1.29 bits per heavy atom. The third kappa shape index (κ3) is 4.77. The van der Waals surface area contributed by atoms with Crippen LogP contribution in [0.2, 0.25) is 0 Å². The summed E-state index contributed by atoms with van der Waals surface area (Å²) in [6.07, 6.45) is 2.11. The second kappa shape index (κ2) is 7.32. The fraction of sp³-hybridized carbons (Fsp3) is 0.636. The van der Waals surface area contributed by atoms with Crippen molar-refractivity contribution in [2.75, 3.05) is 26.1 Å². The number of anilines is 1. The lowest BCUT2D eigenvalue weighted by atomic mass is 10.2. The van der Waals surface area contributed by atoms with Crippen molar-refractivity contribution in [2.45, 2.75) is 24.6 Å². The van der Waals surface area contributed by atoms with Crippen molar-refractivity contribution in [1.82, 2.24) is 9.97 Å². The Morgan fingerprint density at radius 2 is 1.88 bits per heavy atom. The normalized spacial score (nSPS) is 12.0. The molecule has 0 fully saturated rings. The summed E-state index contributed by atoms with van der Waals surface area (Å²) in [4.78, 5) is 8.88. The minimum Gasteiger partial charge on any atom is -0.481 e. The Balaban J connectivity index is 2.57. The van der Waals surface area contributed by atoms with E-state index in [1.54, 1.807) is 20.3 Å². The third-order valence-electron chi connectivity index (χ3n) is 2.28. The van der Waals surface area contributed by atoms with Crippen molar-refractivity contribution in [2.24, 2.45) is 0 Å². The molecule has 1 heterocycles. The van der Waals surface area contributed by atoms with Gasteiger partial charge in [-0.1, -0.05) is 22.9 Å². The molecule has 17 heavy (non-hydrogen) atoms. The molecule has 1 N–H and O–H groups in total. The number of rotatable bonds is 7. The molecule has 1 atom stereocenters. The van der Waals surface area contributed by atoms with Crippen LogP contribution in [0, 0.1) is 0 Å². The van der Waals surface area contributed by atoms with Gasteiger partial charge in [-0.2, -0.15) is 9.97 Å². The Labute approximate surface area is 110 Å². The molecule has 0 saturated heterocycles. The molecule has 0 amide bonds. The fourth-order valence-electron chi connectivity index (χ4n) is 1.24. The van der Waals surface area contributed by atoms with Crippen LogP contribution < -0.4 is 14.8 Å². The zero-order valence-corrected chi connectivity index (χ0v) is 12.0. The fourth-order valence-corrected chi connectivity index (χ4v) is 1.47. The van der Waals surface area contributed by atoms with E-state index in [1.165, 1.54) is 0 Å². The van der Waals surface area contributed by atoms with Gasteiger partial charge in [-0.05, 0) is 12.8 Å². The quantitative estimate of drug-likeness (QED) is 0.784. The summed E-state index contributed by atoms with van der Waals surface area (Å²) >= 11 is 3.58. The molecule has 0 aliphatic rings. The topological polar surface area (TPSA) is 56.3 Å². The van der Waals surface area contributed by atoms with Gasteiger partial charge >= 0.3 is 0 Å². The van der Waals surface area contributed by atoms with E-state index in [1.807, 2.05) is 0 Å². The largest absolute Gasteiger partial charge is 0.481 e. The second-order valence-corrected chi connectivity index (χ2v) is 4.79. The molecular weight excluding hydrogens is 286 g/mol. The molecule has 0 aliphatic heterocycles. The number of nitrogens with zero attached hydrogens (tertiary/aromatic N) is 2. The summed E-state index contributed by atoms with van der Waals surface area (Å²) in [5.74, 6) is 1.51. The lowest BCUT2D eigenvalue weighted by Crippen LogP contribution is -2.10. The van der Waals surface area contributed by atoms with Crippen LogP contribution in [-0.2, 0) is 0 Å². The summed E-state index contributed by atoms with van der Waals surface area (Å²) < 4.78 is 10.1. The molecule has 0 radical (unpaired) electrons. The maximum absolute atomic E-state index is 5.07. The van der Waals surface area contributed by atoms with Crippen LogP contribution in [0.25, 0.3) is 0 Å².